The lowest BCUT2D eigenvalue weighted by atomic mass is 10.1. The number of thioether (sulfide) groups is 1. The smallest absolute Gasteiger partial charge is 0.286 e. The van der Waals surface area contributed by atoms with Crippen LogP contribution in [0.2, 0.25) is 5.02 Å². The Balaban J connectivity index is 1.10. The van der Waals surface area contributed by atoms with Gasteiger partial charge in [-0.1, -0.05) is 90.5 Å². The number of piperazine rings is 1. The van der Waals surface area contributed by atoms with Crippen molar-refractivity contribution in [2.45, 2.75) is 13.2 Å². The molecule has 0 atom stereocenters. The van der Waals surface area contributed by atoms with E-state index in [1.54, 1.807) is 0 Å². The summed E-state index contributed by atoms with van der Waals surface area (Å²) in [7, 11) is 0. The molecule has 0 spiro atoms. The summed E-state index contributed by atoms with van der Waals surface area (Å²) < 4.78 is 7.96. The summed E-state index contributed by atoms with van der Waals surface area (Å²) in [6, 6.07) is 36.0. The van der Waals surface area contributed by atoms with Crippen molar-refractivity contribution in [1.82, 2.24) is 19.6 Å². The van der Waals surface area contributed by atoms with Gasteiger partial charge in [-0.3, -0.25) is 9.69 Å². The van der Waals surface area contributed by atoms with E-state index in [1.165, 1.54) is 17.3 Å². The van der Waals surface area contributed by atoms with Crippen LogP contribution < -0.4 is 4.74 Å². The average molecular weight is 646 g/mol. The molecule has 2 aliphatic rings. The summed E-state index contributed by atoms with van der Waals surface area (Å²) in [6.45, 7) is 4.78. The molecular weight excluding hydrogens is 614 g/mol. The minimum absolute atomic E-state index is 0.220. The molecule has 0 saturated carbocycles. The van der Waals surface area contributed by atoms with Crippen LogP contribution in [0.15, 0.2) is 125 Å². The molecule has 7 rings (SSSR count). The highest BCUT2D eigenvalue weighted by Crippen LogP contribution is 2.34. The second-order valence-electron chi connectivity index (χ2n) is 11.2. The van der Waals surface area contributed by atoms with Crippen molar-refractivity contribution in [3.8, 4) is 22.7 Å². The summed E-state index contributed by atoms with van der Waals surface area (Å²) in [4.78, 5) is 22.9. The molecule has 7 nitrogen and oxygen atoms in total. The van der Waals surface area contributed by atoms with Gasteiger partial charge in [0.25, 0.3) is 5.91 Å². The molecule has 1 amide bonds. The first-order chi connectivity index (χ1) is 22.6. The molecule has 0 unspecified atom stereocenters. The molecule has 0 radical (unpaired) electrons. The molecule has 0 aliphatic carbocycles. The highest BCUT2D eigenvalue weighted by Gasteiger charge is 2.29. The highest BCUT2D eigenvalue weighted by atomic mass is 35.5. The third-order valence-corrected chi connectivity index (χ3v) is 9.42. The molecular formula is C37H32ClN5O2S. The second-order valence-corrected chi connectivity index (χ2v) is 12.6. The zero-order valence-corrected chi connectivity index (χ0v) is 26.7. The maximum Gasteiger partial charge on any atom is 0.286 e. The van der Waals surface area contributed by atoms with Crippen LogP contribution in [0, 0.1) is 0 Å². The number of hydrogen-bond acceptors (Lipinski definition) is 6. The maximum absolute atomic E-state index is 13.2. The Labute approximate surface area is 277 Å². The minimum atomic E-state index is -0.220. The van der Waals surface area contributed by atoms with E-state index in [2.05, 4.69) is 39.1 Å². The molecule has 1 fully saturated rings. The number of halogens is 1. The first kappa shape index (κ1) is 30.0. The molecule has 46 heavy (non-hydrogen) atoms. The van der Waals surface area contributed by atoms with Gasteiger partial charge in [-0.25, -0.2) is 4.68 Å². The zero-order valence-electron chi connectivity index (χ0n) is 25.1. The zero-order chi connectivity index (χ0) is 31.3. The van der Waals surface area contributed by atoms with E-state index < -0.39 is 0 Å². The largest absolute Gasteiger partial charge is 0.489 e. The molecule has 1 saturated heterocycles. The first-order valence-electron chi connectivity index (χ1n) is 15.2. The van der Waals surface area contributed by atoms with Gasteiger partial charge in [-0.2, -0.15) is 10.1 Å². The van der Waals surface area contributed by atoms with E-state index in [0.29, 0.717) is 22.3 Å². The lowest BCUT2D eigenvalue weighted by Gasteiger charge is -2.35. The van der Waals surface area contributed by atoms with E-state index in [-0.39, 0.29) is 5.91 Å². The van der Waals surface area contributed by atoms with Gasteiger partial charge in [0.2, 0.25) is 0 Å². The number of nitrogens with zero attached hydrogens (tertiary/aromatic N) is 5. The van der Waals surface area contributed by atoms with E-state index >= 15 is 0 Å². The summed E-state index contributed by atoms with van der Waals surface area (Å²) in [6.07, 6.45) is 3.87. The highest BCUT2D eigenvalue weighted by molar-refractivity contribution is 8.18. The number of ether oxygens (including phenoxy) is 1. The minimum Gasteiger partial charge on any atom is -0.489 e. The Hall–Kier alpha value is -4.63. The number of para-hydroxylation sites is 1. The predicted molar refractivity (Wildman–Crippen MR) is 186 cm³/mol. The number of hydrogen-bond donors (Lipinski definition) is 0. The number of benzene rings is 4. The van der Waals surface area contributed by atoms with Gasteiger partial charge in [-0.15, -0.1) is 0 Å². The monoisotopic (exact) mass is 645 g/mol. The lowest BCUT2D eigenvalue weighted by Crippen LogP contribution is -2.47. The maximum atomic E-state index is 13.2. The van der Waals surface area contributed by atoms with E-state index in [1.807, 2.05) is 102 Å². The Bertz CT molecular complexity index is 1900. The fourth-order valence-corrected chi connectivity index (χ4v) is 6.70. The summed E-state index contributed by atoms with van der Waals surface area (Å²) in [5.41, 5.74) is 5.61. The normalized spacial score (nSPS) is 16.2. The van der Waals surface area contributed by atoms with Crippen LogP contribution in [0.25, 0.3) is 23.0 Å². The number of rotatable bonds is 8. The fourth-order valence-electron chi connectivity index (χ4n) is 5.55. The van der Waals surface area contributed by atoms with Gasteiger partial charge < -0.3 is 9.64 Å². The van der Waals surface area contributed by atoms with E-state index in [4.69, 9.17) is 21.4 Å². The molecule has 3 heterocycles. The van der Waals surface area contributed by atoms with Crippen molar-refractivity contribution in [1.29, 1.82) is 0 Å². The van der Waals surface area contributed by atoms with Crippen LogP contribution in [0.4, 0.5) is 0 Å². The Morgan fingerprint density at radius 1 is 0.848 bits per heavy atom. The van der Waals surface area contributed by atoms with Gasteiger partial charge >= 0.3 is 0 Å². The second kappa shape index (κ2) is 13.8. The number of amides is 1. The predicted octanol–water partition coefficient (Wildman–Crippen LogP) is 7.56. The number of aromatic nitrogens is 2. The van der Waals surface area contributed by atoms with Crippen molar-refractivity contribution < 1.29 is 9.53 Å². The lowest BCUT2D eigenvalue weighted by molar-refractivity contribution is -0.113. The standard InChI is InChI=1S/C37H32ClN5O2S/c38-33-17-8-7-12-29(33)26-45-32-16-9-13-28(22-32)35-30(25-43(40-35)31-14-5-2-6-15-31)23-34-36(44)39-37(46-34)42-20-18-41(19-21-42)24-27-10-3-1-4-11-27/h1-17,22-23,25H,18-21,24,26H2/b34-23-. The summed E-state index contributed by atoms with van der Waals surface area (Å²) in [5, 5.41) is 6.40. The number of carbonyl (C=O) groups is 1. The molecule has 0 bridgehead atoms. The topological polar surface area (TPSA) is 63.0 Å². The van der Waals surface area contributed by atoms with E-state index in [0.717, 1.165) is 66.0 Å². The van der Waals surface area contributed by atoms with Crippen molar-refractivity contribution in [3.05, 3.63) is 142 Å². The molecule has 0 N–H and O–H groups in total. The van der Waals surface area contributed by atoms with Crippen LogP contribution >= 0.6 is 23.4 Å². The Kier molecular flexibility index (Phi) is 9.01. The van der Waals surface area contributed by atoms with E-state index in [9.17, 15) is 4.79 Å². The molecule has 4 aromatic carbocycles. The van der Waals surface area contributed by atoms with Gasteiger partial charge in [0.15, 0.2) is 5.17 Å². The SMILES string of the molecule is O=C1N=C(N2CCN(Cc3ccccc3)CC2)S/C1=C\c1cn(-c2ccccc2)nc1-c1cccc(OCc2ccccc2Cl)c1. The van der Waals surface area contributed by atoms with Gasteiger partial charge in [0.05, 0.1) is 10.6 Å². The van der Waals surface area contributed by atoms with Crippen molar-refractivity contribution >= 4 is 40.5 Å². The van der Waals surface area contributed by atoms with Gasteiger partial charge in [-0.05, 0) is 53.7 Å². The Morgan fingerprint density at radius 3 is 2.37 bits per heavy atom. The van der Waals surface area contributed by atoms with Crippen LogP contribution in [0.3, 0.4) is 0 Å². The molecule has 230 valence electrons. The van der Waals surface area contributed by atoms with Crippen molar-refractivity contribution in [3.63, 3.8) is 0 Å². The molecule has 2 aliphatic heterocycles. The molecule has 5 aromatic rings. The van der Waals surface area contributed by atoms with Crippen molar-refractivity contribution in [2.24, 2.45) is 4.99 Å². The van der Waals surface area contributed by atoms with Crippen LogP contribution in [0.5, 0.6) is 5.75 Å². The third-order valence-electron chi connectivity index (χ3n) is 8.01. The fraction of sp³-hybridized carbons (Fsp3) is 0.162. The van der Waals surface area contributed by atoms with Crippen LogP contribution in [0.1, 0.15) is 16.7 Å². The number of amidine groups is 1. The molecule has 1 aromatic heterocycles. The molecule has 9 heteroatoms. The van der Waals surface area contributed by atoms with Gasteiger partial charge in [0, 0.05) is 60.6 Å². The van der Waals surface area contributed by atoms with Crippen LogP contribution in [-0.4, -0.2) is 56.8 Å². The van der Waals surface area contributed by atoms with Crippen LogP contribution in [-0.2, 0) is 17.9 Å². The summed E-state index contributed by atoms with van der Waals surface area (Å²) >= 11 is 7.78. The first-order valence-corrected chi connectivity index (χ1v) is 16.4. The average Bonchev–Trinajstić information content (AvgIpc) is 3.69. The number of carbonyl (C=O) groups excluding carboxylic acids is 1. The third kappa shape index (κ3) is 6.94. The quantitative estimate of drug-likeness (QED) is 0.162. The summed E-state index contributed by atoms with van der Waals surface area (Å²) in [5.74, 6) is 0.482. The van der Waals surface area contributed by atoms with Crippen molar-refractivity contribution in [2.75, 3.05) is 26.2 Å². The van der Waals surface area contributed by atoms with Gasteiger partial charge in [0.1, 0.15) is 18.1 Å². The Morgan fingerprint density at radius 2 is 1.59 bits per heavy atom. The number of aliphatic imine (C=N–C) groups is 1.